The Morgan fingerprint density at radius 2 is 1.95 bits per heavy atom. The minimum Gasteiger partial charge on any atom is -0.361 e. The molecule has 1 heterocycles. The van der Waals surface area contributed by atoms with Gasteiger partial charge in [0.25, 0.3) is 5.91 Å². The lowest BCUT2D eigenvalue weighted by Crippen LogP contribution is -2.12. The van der Waals surface area contributed by atoms with Gasteiger partial charge in [-0.1, -0.05) is 41.6 Å². The summed E-state index contributed by atoms with van der Waals surface area (Å²) in [6.07, 6.45) is 1.43. The second-order valence-corrected chi connectivity index (χ2v) is 4.28. The minimum atomic E-state index is -0.213. The Morgan fingerprint density at radius 1 is 1.16 bits per heavy atom. The van der Waals surface area contributed by atoms with Crippen molar-refractivity contribution in [2.75, 3.05) is 5.32 Å². The zero-order valence-corrected chi connectivity index (χ0v) is 10.4. The van der Waals surface area contributed by atoms with Crippen LogP contribution in [0.5, 0.6) is 0 Å². The van der Waals surface area contributed by atoms with Crippen molar-refractivity contribution in [1.29, 1.82) is 0 Å². The third-order valence-corrected chi connectivity index (χ3v) is 3.03. The summed E-state index contributed by atoms with van der Waals surface area (Å²) in [4.78, 5) is 12.1. The van der Waals surface area contributed by atoms with Crippen molar-refractivity contribution in [3.8, 4) is 0 Å². The molecule has 1 aromatic heterocycles. The normalized spacial score (nSPS) is 10.6. The number of nitrogens with one attached hydrogen (secondary N) is 1. The third kappa shape index (κ3) is 2.08. The molecule has 0 fully saturated rings. The van der Waals surface area contributed by atoms with E-state index in [9.17, 15) is 4.79 Å². The highest BCUT2D eigenvalue weighted by molar-refractivity contribution is 6.09. The molecule has 0 aliphatic heterocycles. The molecule has 0 radical (unpaired) electrons. The molecule has 0 unspecified atom stereocenters. The molecule has 0 bridgehead atoms. The van der Waals surface area contributed by atoms with Crippen molar-refractivity contribution in [2.45, 2.75) is 6.92 Å². The molecule has 0 aliphatic rings. The van der Waals surface area contributed by atoms with Crippen LogP contribution in [0.15, 0.2) is 53.2 Å². The molecule has 3 aromatic rings. The van der Waals surface area contributed by atoms with Crippen LogP contribution in [0, 0.1) is 6.92 Å². The number of amides is 1. The van der Waals surface area contributed by atoms with E-state index < -0.39 is 0 Å². The largest absolute Gasteiger partial charge is 0.361 e. The van der Waals surface area contributed by atoms with Gasteiger partial charge in [-0.05, 0) is 18.4 Å². The number of carbonyl (C=O) groups excluding carboxylic acids is 1. The monoisotopic (exact) mass is 252 g/mol. The van der Waals surface area contributed by atoms with Crippen molar-refractivity contribution in [3.05, 3.63) is 60.0 Å². The average Bonchev–Trinajstić information content (AvgIpc) is 2.85. The number of hydrogen-bond donors (Lipinski definition) is 1. The Kier molecular flexibility index (Phi) is 2.76. The van der Waals surface area contributed by atoms with Gasteiger partial charge in [0.05, 0.1) is 6.20 Å². The molecular weight excluding hydrogens is 240 g/mol. The first kappa shape index (κ1) is 11.5. The summed E-state index contributed by atoms with van der Waals surface area (Å²) in [5.41, 5.74) is 1.23. The molecule has 3 rings (SSSR count). The highest BCUT2D eigenvalue weighted by atomic mass is 16.5. The Labute approximate surface area is 110 Å². The maximum Gasteiger partial charge on any atom is 0.260 e. The molecule has 4 heteroatoms. The molecule has 0 spiro atoms. The van der Waals surface area contributed by atoms with Crippen LogP contribution in [0.25, 0.3) is 10.8 Å². The molecule has 0 atom stereocenters. The lowest BCUT2D eigenvalue weighted by Gasteiger charge is -2.07. The summed E-state index contributed by atoms with van der Waals surface area (Å²) in [5.74, 6) is 0.299. The molecule has 19 heavy (non-hydrogen) atoms. The summed E-state index contributed by atoms with van der Waals surface area (Å²) in [5, 5.41) is 8.59. The number of rotatable bonds is 2. The molecule has 4 nitrogen and oxygen atoms in total. The Morgan fingerprint density at radius 3 is 2.74 bits per heavy atom. The molecule has 0 saturated carbocycles. The zero-order valence-electron chi connectivity index (χ0n) is 10.4. The van der Waals surface area contributed by atoms with E-state index in [1.54, 1.807) is 6.92 Å². The smallest absolute Gasteiger partial charge is 0.260 e. The van der Waals surface area contributed by atoms with E-state index in [4.69, 9.17) is 4.52 Å². The van der Waals surface area contributed by atoms with Gasteiger partial charge in [0.1, 0.15) is 11.3 Å². The zero-order chi connectivity index (χ0) is 13.2. The average molecular weight is 252 g/mol. The fourth-order valence-corrected chi connectivity index (χ4v) is 2.04. The third-order valence-electron chi connectivity index (χ3n) is 3.03. The van der Waals surface area contributed by atoms with E-state index >= 15 is 0 Å². The van der Waals surface area contributed by atoms with Gasteiger partial charge in [0.2, 0.25) is 0 Å². The van der Waals surface area contributed by atoms with Crippen molar-refractivity contribution < 1.29 is 9.32 Å². The van der Waals surface area contributed by atoms with Crippen LogP contribution in [0.2, 0.25) is 0 Å². The number of nitrogens with zero attached hydrogens (tertiary/aromatic N) is 1. The van der Waals surface area contributed by atoms with Gasteiger partial charge in [-0.25, -0.2) is 0 Å². The van der Waals surface area contributed by atoms with Crippen LogP contribution in [0.4, 0.5) is 5.69 Å². The predicted octanol–water partition coefficient (Wildman–Crippen LogP) is 3.39. The summed E-state index contributed by atoms with van der Waals surface area (Å²) >= 11 is 0. The quantitative estimate of drug-likeness (QED) is 0.760. The van der Waals surface area contributed by atoms with Crippen LogP contribution in [-0.2, 0) is 0 Å². The van der Waals surface area contributed by atoms with Crippen LogP contribution >= 0.6 is 0 Å². The van der Waals surface area contributed by atoms with Gasteiger partial charge < -0.3 is 9.84 Å². The van der Waals surface area contributed by atoms with Gasteiger partial charge >= 0.3 is 0 Å². The molecule has 1 N–H and O–H groups in total. The van der Waals surface area contributed by atoms with E-state index in [-0.39, 0.29) is 5.91 Å². The van der Waals surface area contributed by atoms with Gasteiger partial charge in [-0.3, -0.25) is 4.79 Å². The maximum atomic E-state index is 12.1. The highest BCUT2D eigenvalue weighted by Gasteiger charge is 2.13. The molecule has 2 aromatic carbocycles. The lowest BCUT2D eigenvalue weighted by molar-refractivity contribution is 0.102. The molecular formula is C15H12N2O2. The van der Waals surface area contributed by atoms with E-state index in [2.05, 4.69) is 10.5 Å². The number of benzene rings is 2. The maximum absolute atomic E-state index is 12.1. The Bertz CT molecular complexity index is 741. The topological polar surface area (TPSA) is 55.1 Å². The van der Waals surface area contributed by atoms with E-state index in [0.717, 1.165) is 16.5 Å². The second kappa shape index (κ2) is 4.57. The van der Waals surface area contributed by atoms with Gasteiger partial charge in [-0.15, -0.1) is 0 Å². The standard InChI is InChI=1S/C15H12N2O2/c1-10-13(9-16-19-10)15(18)17-14-8-4-6-11-5-2-3-7-12(11)14/h2-9H,1H3,(H,17,18). The van der Waals surface area contributed by atoms with E-state index in [1.807, 2.05) is 42.5 Å². The second-order valence-electron chi connectivity index (χ2n) is 4.28. The predicted molar refractivity (Wildman–Crippen MR) is 73.1 cm³/mol. The van der Waals surface area contributed by atoms with Crippen molar-refractivity contribution in [3.63, 3.8) is 0 Å². The van der Waals surface area contributed by atoms with Crippen LogP contribution in [-0.4, -0.2) is 11.1 Å². The van der Waals surface area contributed by atoms with Crippen LogP contribution in [0.1, 0.15) is 16.1 Å². The van der Waals surface area contributed by atoms with Crippen LogP contribution < -0.4 is 5.32 Å². The fourth-order valence-electron chi connectivity index (χ4n) is 2.04. The first-order valence-corrected chi connectivity index (χ1v) is 5.96. The lowest BCUT2D eigenvalue weighted by atomic mass is 10.1. The molecule has 94 valence electrons. The highest BCUT2D eigenvalue weighted by Crippen LogP contribution is 2.23. The number of carbonyl (C=O) groups is 1. The minimum absolute atomic E-state index is 0.213. The number of aromatic nitrogens is 1. The van der Waals surface area contributed by atoms with Gasteiger partial charge in [-0.2, -0.15) is 0 Å². The fraction of sp³-hybridized carbons (Fsp3) is 0.0667. The number of fused-ring (bicyclic) bond motifs is 1. The SMILES string of the molecule is Cc1oncc1C(=O)Nc1cccc2ccccc12. The summed E-state index contributed by atoms with van der Waals surface area (Å²) in [7, 11) is 0. The Hall–Kier alpha value is -2.62. The first-order valence-electron chi connectivity index (χ1n) is 5.96. The summed E-state index contributed by atoms with van der Waals surface area (Å²) in [6, 6.07) is 13.7. The molecule has 1 amide bonds. The van der Waals surface area contributed by atoms with Crippen LogP contribution in [0.3, 0.4) is 0 Å². The Balaban J connectivity index is 1.98. The van der Waals surface area contributed by atoms with Crippen molar-refractivity contribution in [1.82, 2.24) is 5.16 Å². The number of anilines is 1. The number of aryl methyl sites for hydroxylation is 1. The van der Waals surface area contributed by atoms with Gasteiger partial charge in [0.15, 0.2) is 0 Å². The van der Waals surface area contributed by atoms with E-state index in [1.165, 1.54) is 6.20 Å². The van der Waals surface area contributed by atoms with Gasteiger partial charge in [0, 0.05) is 11.1 Å². The van der Waals surface area contributed by atoms with Crippen molar-refractivity contribution >= 4 is 22.4 Å². The van der Waals surface area contributed by atoms with Crippen molar-refractivity contribution in [2.24, 2.45) is 0 Å². The summed E-state index contributed by atoms with van der Waals surface area (Å²) < 4.78 is 4.90. The first-order chi connectivity index (χ1) is 9.25. The molecule has 0 saturated heterocycles. The molecule has 0 aliphatic carbocycles. The number of hydrogen-bond acceptors (Lipinski definition) is 3. The van der Waals surface area contributed by atoms with E-state index in [0.29, 0.717) is 11.3 Å². The summed E-state index contributed by atoms with van der Waals surface area (Å²) in [6.45, 7) is 1.71.